The molecule has 2 aromatic rings. The van der Waals surface area contributed by atoms with E-state index < -0.39 is 0 Å². The summed E-state index contributed by atoms with van der Waals surface area (Å²) in [5.74, 6) is -0.125. The van der Waals surface area contributed by atoms with Gasteiger partial charge >= 0.3 is 0 Å². The fourth-order valence-electron chi connectivity index (χ4n) is 3.70. The van der Waals surface area contributed by atoms with Crippen LogP contribution in [0.15, 0.2) is 42.5 Å². The van der Waals surface area contributed by atoms with Crippen LogP contribution in [-0.2, 0) is 35.6 Å². The first-order chi connectivity index (χ1) is 12.7. The predicted octanol–water partition coefficient (Wildman–Crippen LogP) is 2.50. The van der Waals surface area contributed by atoms with Gasteiger partial charge in [-0.05, 0) is 41.2 Å². The molecule has 2 aliphatic heterocycles. The molecule has 134 valence electrons. The molecule has 2 amide bonds. The summed E-state index contributed by atoms with van der Waals surface area (Å²) in [7, 11) is 0. The van der Waals surface area contributed by atoms with Crippen molar-refractivity contribution in [1.82, 2.24) is 10.6 Å². The van der Waals surface area contributed by atoms with Gasteiger partial charge in [0.05, 0.1) is 0 Å². The van der Waals surface area contributed by atoms with E-state index in [1.807, 2.05) is 24.3 Å². The van der Waals surface area contributed by atoms with Crippen LogP contribution < -0.4 is 16.0 Å². The lowest BCUT2D eigenvalue weighted by Gasteiger charge is -2.24. The lowest BCUT2D eigenvalue weighted by molar-refractivity contribution is -0.122. The Morgan fingerprint density at radius 3 is 2.85 bits per heavy atom. The second-order valence-corrected chi connectivity index (χ2v) is 7.07. The molecule has 0 aliphatic carbocycles. The van der Waals surface area contributed by atoms with Crippen molar-refractivity contribution in [2.45, 2.75) is 38.9 Å². The fraction of sp³-hybridized carbons (Fsp3) is 0.333. The molecule has 2 aromatic carbocycles. The molecule has 1 unspecified atom stereocenters. The standard InChI is InChI=1S/C21H23N3O2/c25-20(23-11-14-5-6-17-12-22-13-18(17)9-14)8-7-16-10-15-3-1-2-4-19(15)24-21(16)26/h1-6,9,16,22H,7-8,10-13H2,(H,23,25)(H,24,26). The minimum Gasteiger partial charge on any atom is -0.352 e. The molecule has 26 heavy (non-hydrogen) atoms. The number of benzene rings is 2. The summed E-state index contributed by atoms with van der Waals surface area (Å²) in [5.41, 5.74) is 5.80. The summed E-state index contributed by atoms with van der Waals surface area (Å²) < 4.78 is 0. The number of amides is 2. The third-order valence-electron chi connectivity index (χ3n) is 5.22. The minimum absolute atomic E-state index is 0.00437. The second kappa shape index (κ2) is 7.30. The molecule has 1 atom stereocenters. The number of para-hydroxylation sites is 1. The molecule has 0 fully saturated rings. The Morgan fingerprint density at radius 1 is 1.08 bits per heavy atom. The maximum absolute atomic E-state index is 12.2. The third kappa shape index (κ3) is 3.63. The average Bonchev–Trinajstić information content (AvgIpc) is 3.12. The van der Waals surface area contributed by atoms with E-state index in [1.165, 1.54) is 11.1 Å². The SMILES string of the molecule is O=C(CCC1Cc2ccccc2NC1=O)NCc1ccc2c(c1)CNC2. The Bertz CT molecular complexity index is 847. The van der Waals surface area contributed by atoms with E-state index in [4.69, 9.17) is 0 Å². The number of fused-ring (bicyclic) bond motifs is 2. The Hall–Kier alpha value is -2.66. The highest BCUT2D eigenvalue weighted by Gasteiger charge is 2.26. The van der Waals surface area contributed by atoms with E-state index in [-0.39, 0.29) is 17.7 Å². The van der Waals surface area contributed by atoms with Crippen LogP contribution in [-0.4, -0.2) is 11.8 Å². The molecule has 0 saturated carbocycles. The summed E-state index contributed by atoms with van der Waals surface area (Å²) in [4.78, 5) is 24.4. The molecule has 0 bridgehead atoms. The number of rotatable bonds is 5. The van der Waals surface area contributed by atoms with Crippen molar-refractivity contribution in [1.29, 1.82) is 0 Å². The van der Waals surface area contributed by atoms with Crippen LogP contribution >= 0.6 is 0 Å². The van der Waals surface area contributed by atoms with Gasteiger partial charge in [-0.25, -0.2) is 0 Å². The van der Waals surface area contributed by atoms with Crippen molar-refractivity contribution in [3.8, 4) is 0 Å². The van der Waals surface area contributed by atoms with Crippen LogP contribution in [0.2, 0.25) is 0 Å². The van der Waals surface area contributed by atoms with Crippen LogP contribution in [0.4, 0.5) is 5.69 Å². The van der Waals surface area contributed by atoms with Crippen LogP contribution in [0.1, 0.15) is 35.1 Å². The van der Waals surface area contributed by atoms with Gasteiger partial charge in [0, 0.05) is 37.7 Å². The molecule has 0 saturated heterocycles. The number of hydrogen-bond acceptors (Lipinski definition) is 3. The average molecular weight is 349 g/mol. The number of carbonyl (C=O) groups excluding carboxylic acids is 2. The molecule has 5 nitrogen and oxygen atoms in total. The van der Waals surface area contributed by atoms with Crippen molar-refractivity contribution < 1.29 is 9.59 Å². The summed E-state index contributed by atoms with van der Waals surface area (Å²) in [6.07, 6.45) is 1.64. The largest absolute Gasteiger partial charge is 0.352 e. The van der Waals surface area contributed by atoms with E-state index >= 15 is 0 Å². The zero-order valence-electron chi connectivity index (χ0n) is 14.7. The van der Waals surface area contributed by atoms with E-state index in [9.17, 15) is 9.59 Å². The molecular weight excluding hydrogens is 326 g/mol. The van der Waals surface area contributed by atoms with Crippen molar-refractivity contribution in [3.05, 3.63) is 64.7 Å². The monoisotopic (exact) mass is 349 g/mol. The van der Waals surface area contributed by atoms with Crippen molar-refractivity contribution in [2.75, 3.05) is 5.32 Å². The number of anilines is 1. The highest BCUT2D eigenvalue weighted by Crippen LogP contribution is 2.27. The Kier molecular flexibility index (Phi) is 4.71. The third-order valence-corrected chi connectivity index (χ3v) is 5.22. The number of carbonyl (C=O) groups is 2. The minimum atomic E-state index is -0.137. The van der Waals surface area contributed by atoms with Crippen LogP contribution in [0.5, 0.6) is 0 Å². The summed E-state index contributed by atoms with van der Waals surface area (Å²) in [6.45, 7) is 2.36. The first-order valence-corrected chi connectivity index (χ1v) is 9.16. The topological polar surface area (TPSA) is 70.2 Å². The fourth-order valence-corrected chi connectivity index (χ4v) is 3.70. The van der Waals surface area contributed by atoms with Crippen LogP contribution in [0.3, 0.4) is 0 Å². The van der Waals surface area contributed by atoms with E-state index in [1.54, 1.807) is 0 Å². The molecular formula is C21H23N3O2. The normalized spacial score (nSPS) is 18.0. The highest BCUT2D eigenvalue weighted by atomic mass is 16.2. The van der Waals surface area contributed by atoms with Gasteiger partial charge in [0.15, 0.2) is 0 Å². The molecule has 0 spiro atoms. The Labute approximate surface area is 153 Å². The number of nitrogens with one attached hydrogen (secondary N) is 3. The van der Waals surface area contributed by atoms with Gasteiger partial charge in [0.25, 0.3) is 0 Å². The van der Waals surface area contributed by atoms with Crippen LogP contribution in [0, 0.1) is 5.92 Å². The zero-order chi connectivity index (χ0) is 17.9. The lowest BCUT2D eigenvalue weighted by Crippen LogP contribution is -2.31. The maximum Gasteiger partial charge on any atom is 0.227 e. The Balaban J connectivity index is 1.27. The molecule has 5 heteroatoms. The van der Waals surface area contributed by atoms with Gasteiger partial charge in [-0.2, -0.15) is 0 Å². The molecule has 0 radical (unpaired) electrons. The smallest absolute Gasteiger partial charge is 0.227 e. The summed E-state index contributed by atoms with van der Waals surface area (Å²) in [6, 6.07) is 14.2. The van der Waals surface area contributed by atoms with E-state index in [2.05, 4.69) is 34.1 Å². The van der Waals surface area contributed by atoms with Gasteiger partial charge in [0.1, 0.15) is 0 Å². The first kappa shape index (κ1) is 16.8. The molecule has 4 rings (SSSR count). The van der Waals surface area contributed by atoms with E-state index in [0.717, 1.165) is 29.9 Å². The summed E-state index contributed by atoms with van der Waals surface area (Å²) in [5, 5.41) is 9.23. The van der Waals surface area contributed by atoms with Gasteiger partial charge in [-0.1, -0.05) is 36.4 Å². The van der Waals surface area contributed by atoms with Crippen molar-refractivity contribution >= 4 is 17.5 Å². The van der Waals surface area contributed by atoms with Gasteiger partial charge < -0.3 is 16.0 Å². The van der Waals surface area contributed by atoms with Crippen LogP contribution in [0.25, 0.3) is 0 Å². The highest BCUT2D eigenvalue weighted by molar-refractivity contribution is 5.96. The van der Waals surface area contributed by atoms with E-state index in [0.29, 0.717) is 25.8 Å². The summed E-state index contributed by atoms with van der Waals surface area (Å²) >= 11 is 0. The van der Waals surface area contributed by atoms with Gasteiger partial charge in [-0.3, -0.25) is 9.59 Å². The predicted molar refractivity (Wildman–Crippen MR) is 100 cm³/mol. The Morgan fingerprint density at radius 2 is 1.92 bits per heavy atom. The maximum atomic E-state index is 12.2. The van der Waals surface area contributed by atoms with Gasteiger partial charge in [0.2, 0.25) is 11.8 Å². The number of hydrogen-bond donors (Lipinski definition) is 3. The molecule has 0 aromatic heterocycles. The lowest BCUT2D eigenvalue weighted by atomic mass is 9.89. The van der Waals surface area contributed by atoms with Crippen molar-refractivity contribution in [2.24, 2.45) is 5.92 Å². The first-order valence-electron chi connectivity index (χ1n) is 9.16. The molecule has 3 N–H and O–H groups in total. The quantitative estimate of drug-likeness (QED) is 0.777. The van der Waals surface area contributed by atoms with Crippen molar-refractivity contribution in [3.63, 3.8) is 0 Å². The molecule has 2 aliphatic rings. The zero-order valence-corrected chi connectivity index (χ0v) is 14.7. The van der Waals surface area contributed by atoms with Gasteiger partial charge in [-0.15, -0.1) is 0 Å². The molecule has 2 heterocycles. The second-order valence-electron chi connectivity index (χ2n) is 7.07.